The molecule has 1 aromatic carbocycles. The Balaban J connectivity index is 1.76. The molecule has 2 heterocycles. The van der Waals surface area contributed by atoms with Gasteiger partial charge in [-0.25, -0.2) is 4.98 Å². The Labute approximate surface area is 128 Å². The van der Waals surface area contributed by atoms with E-state index in [0.717, 1.165) is 25.9 Å². The van der Waals surface area contributed by atoms with Gasteiger partial charge in [0, 0.05) is 25.6 Å². The fraction of sp³-hybridized carbons (Fsp3) is 0.438. The van der Waals surface area contributed by atoms with Crippen molar-refractivity contribution in [1.29, 1.82) is 0 Å². The first-order valence-electron chi connectivity index (χ1n) is 7.70. The van der Waals surface area contributed by atoms with Gasteiger partial charge in [0.05, 0.1) is 10.9 Å². The quantitative estimate of drug-likeness (QED) is 0.895. The summed E-state index contributed by atoms with van der Waals surface area (Å²) in [5.41, 5.74) is 0.582. The van der Waals surface area contributed by atoms with E-state index in [4.69, 9.17) is 0 Å². The number of para-hydroxylation sites is 1. The topological polar surface area (TPSA) is 78.1 Å². The molecule has 0 saturated carbocycles. The standard InChI is InChI=1S/C16H20N4O2/c1-2-17-14(21)11-7-9-20(10-8-11)16-18-13-6-4-3-5-12(13)15(22)19-16/h3-6,11H,2,7-10H2,1H3,(H,17,21)(H,18,19,22). The van der Waals surface area contributed by atoms with Crippen LogP contribution in [0.2, 0.25) is 0 Å². The zero-order chi connectivity index (χ0) is 15.5. The average Bonchev–Trinajstić information content (AvgIpc) is 2.55. The van der Waals surface area contributed by atoms with Crippen LogP contribution in [-0.4, -0.2) is 35.5 Å². The Kier molecular flexibility index (Phi) is 4.09. The molecule has 2 aromatic rings. The number of hydrogen-bond donors (Lipinski definition) is 2. The van der Waals surface area contributed by atoms with Crippen molar-refractivity contribution < 1.29 is 4.79 Å². The highest BCUT2D eigenvalue weighted by Gasteiger charge is 2.25. The molecule has 116 valence electrons. The van der Waals surface area contributed by atoms with E-state index >= 15 is 0 Å². The summed E-state index contributed by atoms with van der Waals surface area (Å²) in [6.45, 7) is 4.04. The van der Waals surface area contributed by atoms with E-state index in [1.165, 1.54) is 0 Å². The van der Waals surface area contributed by atoms with Crippen molar-refractivity contribution in [2.45, 2.75) is 19.8 Å². The second-order valence-corrected chi connectivity index (χ2v) is 5.56. The molecule has 1 aliphatic heterocycles. The second-order valence-electron chi connectivity index (χ2n) is 5.56. The smallest absolute Gasteiger partial charge is 0.260 e. The first kappa shape index (κ1) is 14.6. The Morgan fingerprint density at radius 2 is 2.09 bits per heavy atom. The zero-order valence-electron chi connectivity index (χ0n) is 12.6. The van der Waals surface area contributed by atoms with E-state index in [1.807, 2.05) is 30.0 Å². The fourth-order valence-corrected chi connectivity index (χ4v) is 2.90. The minimum Gasteiger partial charge on any atom is -0.356 e. The summed E-state index contributed by atoms with van der Waals surface area (Å²) in [5.74, 6) is 0.781. The van der Waals surface area contributed by atoms with Gasteiger partial charge in [0.2, 0.25) is 11.9 Å². The normalized spacial score (nSPS) is 16.0. The number of H-pyrrole nitrogens is 1. The molecule has 0 aliphatic carbocycles. The third-order valence-electron chi connectivity index (χ3n) is 4.12. The molecule has 1 fully saturated rings. The van der Waals surface area contributed by atoms with Crippen molar-refractivity contribution >= 4 is 22.8 Å². The van der Waals surface area contributed by atoms with Crippen molar-refractivity contribution in [3.8, 4) is 0 Å². The van der Waals surface area contributed by atoms with Gasteiger partial charge in [-0.1, -0.05) is 12.1 Å². The molecular formula is C16H20N4O2. The molecule has 6 nitrogen and oxygen atoms in total. The Bertz CT molecular complexity index is 732. The number of amides is 1. The zero-order valence-corrected chi connectivity index (χ0v) is 12.6. The van der Waals surface area contributed by atoms with Crippen molar-refractivity contribution in [2.24, 2.45) is 5.92 Å². The maximum atomic E-state index is 12.1. The number of nitrogens with one attached hydrogen (secondary N) is 2. The predicted molar refractivity (Wildman–Crippen MR) is 86.0 cm³/mol. The summed E-state index contributed by atoms with van der Waals surface area (Å²) in [4.78, 5) is 33.4. The van der Waals surface area contributed by atoms with E-state index in [0.29, 0.717) is 23.4 Å². The van der Waals surface area contributed by atoms with Crippen molar-refractivity contribution in [3.05, 3.63) is 34.6 Å². The molecule has 1 aliphatic rings. The molecule has 3 rings (SSSR count). The number of anilines is 1. The van der Waals surface area contributed by atoms with Gasteiger partial charge >= 0.3 is 0 Å². The SMILES string of the molecule is CCNC(=O)C1CCN(c2nc3ccccc3c(=O)[nH]2)CC1. The molecule has 22 heavy (non-hydrogen) atoms. The molecular weight excluding hydrogens is 280 g/mol. The monoisotopic (exact) mass is 300 g/mol. The van der Waals surface area contributed by atoms with Crippen molar-refractivity contribution in [1.82, 2.24) is 15.3 Å². The number of carbonyl (C=O) groups is 1. The maximum absolute atomic E-state index is 12.1. The summed E-state index contributed by atoms with van der Waals surface area (Å²) in [5, 5.41) is 3.47. The Hall–Kier alpha value is -2.37. The lowest BCUT2D eigenvalue weighted by atomic mass is 9.96. The van der Waals surface area contributed by atoms with Crippen LogP contribution in [0, 0.1) is 5.92 Å². The van der Waals surface area contributed by atoms with Crippen LogP contribution < -0.4 is 15.8 Å². The lowest BCUT2D eigenvalue weighted by Crippen LogP contribution is -2.41. The largest absolute Gasteiger partial charge is 0.356 e. The number of fused-ring (bicyclic) bond motifs is 1. The minimum absolute atomic E-state index is 0.0587. The summed E-state index contributed by atoms with van der Waals surface area (Å²) >= 11 is 0. The molecule has 0 unspecified atom stereocenters. The third kappa shape index (κ3) is 2.81. The van der Waals surface area contributed by atoms with Gasteiger partial charge in [0.15, 0.2) is 0 Å². The molecule has 1 aromatic heterocycles. The van der Waals surface area contributed by atoms with Crippen LogP contribution in [0.1, 0.15) is 19.8 Å². The van der Waals surface area contributed by atoms with Gasteiger partial charge in [0.1, 0.15) is 0 Å². The van der Waals surface area contributed by atoms with E-state index in [2.05, 4.69) is 15.3 Å². The van der Waals surface area contributed by atoms with Crippen LogP contribution in [0.25, 0.3) is 10.9 Å². The predicted octanol–water partition coefficient (Wildman–Crippen LogP) is 1.28. The summed E-state index contributed by atoms with van der Waals surface area (Å²) in [7, 11) is 0. The summed E-state index contributed by atoms with van der Waals surface area (Å²) < 4.78 is 0. The minimum atomic E-state index is -0.119. The van der Waals surface area contributed by atoms with Crippen LogP contribution in [0.4, 0.5) is 5.95 Å². The number of rotatable bonds is 3. The van der Waals surface area contributed by atoms with E-state index in [1.54, 1.807) is 6.07 Å². The van der Waals surface area contributed by atoms with Crippen LogP contribution in [-0.2, 0) is 4.79 Å². The molecule has 1 saturated heterocycles. The van der Waals surface area contributed by atoms with E-state index in [-0.39, 0.29) is 17.4 Å². The van der Waals surface area contributed by atoms with Gasteiger partial charge in [-0.05, 0) is 31.9 Å². The highest BCUT2D eigenvalue weighted by molar-refractivity contribution is 5.79. The van der Waals surface area contributed by atoms with Crippen molar-refractivity contribution in [3.63, 3.8) is 0 Å². The molecule has 0 radical (unpaired) electrons. The fourth-order valence-electron chi connectivity index (χ4n) is 2.90. The Morgan fingerprint density at radius 1 is 1.36 bits per heavy atom. The van der Waals surface area contributed by atoms with E-state index in [9.17, 15) is 9.59 Å². The highest BCUT2D eigenvalue weighted by Crippen LogP contribution is 2.21. The van der Waals surface area contributed by atoms with Gasteiger partial charge in [0.25, 0.3) is 5.56 Å². The number of nitrogens with zero attached hydrogens (tertiary/aromatic N) is 2. The number of hydrogen-bond acceptors (Lipinski definition) is 4. The third-order valence-corrected chi connectivity index (χ3v) is 4.12. The lowest BCUT2D eigenvalue weighted by molar-refractivity contribution is -0.125. The average molecular weight is 300 g/mol. The molecule has 1 amide bonds. The lowest BCUT2D eigenvalue weighted by Gasteiger charge is -2.31. The second kappa shape index (κ2) is 6.17. The van der Waals surface area contributed by atoms with Gasteiger partial charge < -0.3 is 10.2 Å². The summed E-state index contributed by atoms with van der Waals surface area (Å²) in [6, 6.07) is 7.32. The highest BCUT2D eigenvalue weighted by atomic mass is 16.2. The van der Waals surface area contributed by atoms with E-state index < -0.39 is 0 Å². The van der Waals surface area contributed by atoms with Gasteiger partial charge in [-0.3, -0.25) is 14.6 Å². The van der Waals surface area contributed by atoms with Crippen LogP contribution in [0.3, 0.4) is 0 Å². The van der Waals surface area contributed by atoms with Crippen molar-refractivity contribution in [2.75, 3.05) is 24.5 Å². The first-order chi connectivity index (χ1) is 10.7. The van der Waals surface area contributed by atoms with Gasteiger partial charge in [-0.15, -0.1) is 0 Å². The van der Waals surface area contributed by atoms with Crippen LogP contribution in [0.15, 0.2) is 29.1 Å². The molecule has 0 spiro atoms. The number of benzene rings is 1. The molecule has 2 N–H and O–H groups in total. The molecule has 0 atom stereocenters. The Morgan fingerprint density at radius 3 is 2.82 bits per heavy atom. The number of aromatic nitrogens is 2. The molecule has 0 bridgehead atoms. The van der Waals surface area contributed by atoms with Gasteiger partial charge in [-0.2, -0.15) is 0 Å². The summed E-state index contributed by atoms with van der Waals surface area (Å²) in [6.07, 6.45) is 1.56. The number of aromatic amines is 1. The van der Waals surface area contributed by atoms with Crippen LogP contribution in [0.5, 0.6) is 0 Å². The van der Waals surface area contributed by atoms with Crippen LogP contribution >= 0.6 is 0 Å². The number of carbonyl (C=O) groups excluding carboxylic acids is 1. The maximum Gasteiger partial charge on any atom is 0.260 e. The molecule has 6 heteroatoms. The first-order valence-corrected chi connectivity index (χ1v) is 7.70. The number of piperidine rings is 1.